The molecule has 10 nitrogen and oxygen atoms in total. The van der Waals surface area contributed by atoms with Crippen LogP contribution in [0.5, 0.6) is 0 Å². The zero-order valence-corrected chi connectivity index (χ0v) is 11.8. The van der Waals surface area contributed by atoms with Gasteiger partial charge in [-0.2, -0.15) is 0 Å². The number of hydrogen-bond acceptors (Lipinski definition) is 10. The molecule has 0 bridgehead atoms. The SMILES string of the molecule is C[C@H]1O[C@H](O[C@H]2[C@H](O)[C@@H](CO)OC(O)[C@@H]2O)[C@H](O)[C@@H](O)[C@H]1O. The van der Waals surface area contributed by atoms with Crippen LogP contribution in [0.25, 0.3) is 0 Å². The smallest absolute Gasteiger partial charge is 0.187 e. The maximum atomic E-state index is 9.99. The van der Waals surface area contributed by atoms with Crippen molar-refractivity contribution in [2.24, 2.45) is 0 Å². The molecule has 22 heavy (non-hydrogen) atoms. The summed E-state index contributed by atoms with van der Waals surface area (Å²) in [6.45, 7) is 0.814. The lowest BCUT2D eigenvalue weighted by Gasteiger charge is -2.44. The molecular formula is C12H22O10. The first kappa shape index (κ1) is 17.9. The van der Waals surface area contributed by atoms with E-state index in [2.05, 4.69) is 0 Å². The quantitative estimate of drug-likeness (QED) is 0.269. The van der Waals surface area contributed by atoms with Crippen molar-refractivity contribution in [1.29, 1.82) is 0 Å². The van der Waals surface area contributed by atoms with E-state index in [9.17, 15) is 30.6 Å². The highest BCUT2D eigenvalue weighted by molar-refractivity contribution is 4.93. The molecule has 130 valence electrons. The Balaban J connectivity index is 2.10. The standard InChI is InChI=1S/C12H22O10/c1-3-5(14)7(16)8(17)12(20-3)22-10-6(15)4(2-13)21-11(19)9(10)18/h3-19H,2H2,1H3/t3-,4-,5+,6-,7+,8-,9-,10+,11?,12-/m1/s1. The van der Waals surface area contributed by atoms with Crippen LogP contribution in [0.1, 0.15) is 6.92 Å². The van der Waals surface area contributed by atoms with Crippen LogP contribution >= 0.6 is 0 Å². The third-order valence-corrected chi connectivity index (χ3v) is 3.94. The summed E-state index contributed by atoms with van der Waals surface area (Å²) < 4.78 is 15.3. The molecule has 2 aliphatic rings. The summed E-state index contributed by atoms with van der Waals surface area (Å²) in [5.41, 5.74) is 0. The van der Waals surface area contributed by atoms with E-state index in [4.69, 9.17) is 19.3 Å². The van der Waals surface area contributed by atoms with Gasteiger partial charge in [0.1, 0.15) is 42.7 Å². The van der Waals surface area contributed by atoms with Gasteiger partial charge in [0.2, 0.25) is 0 Å². The van der Waals surface area contributed by atoms with E-state index in [1.165, 1.54) is 6.92 Å². The average Bonchev–Trinajstić information content (AvgIpc) is 2.50. The van der Waals surface area contributed by atoms with Crippen molar-refractivity contribution in [3.63, 3.8) is 0 Å². The maximum Gasteiger partial charge on any atom is 0.187 e. The predicted molar refractivity (Wildman–Crippen MR) is 67.2 cm³/mol. The molecule has 2 heterocycles. The van der Waals surface area contributed by atoms with Crippen molar-refractivity contribution in [2.45, 2.75) is 68.3 Å². The number of aliphatic hydroxyl groups excluding tert-OH is 7. The second-order valence-corrected chi connectivity index (χ2v) is 5.51. The van der Waals surface area contributed by atoms with E-state index in [1.54, 1.807) is 0 Å². The van der Waals surface area contributed by atoms with Crippen LogP contribution in [-0.2, 0) is 14.2 Å². The third-order valence-electron chi connectivity index (χ3n) is 3.94. The Morgan fingerprint density at radius 2 is 1.45 bits per heavy atom. The van der Waals surface area contributed by atoms with Gasteiger partial charge in [-0.05, 0) is 6.92 Å². The van der Waals surface area contributed by atoms with Gasteiger partial charge in [0.15, 0.2) is 12.6 Å². The highest BCUT2D eigenvalue weighted by Gasteiger charge is 2.49. The molecule has 2 fully saturated rings. The summed E-state index contributed by atoms with van der Waals surface area (Å²) in [6.07, 6.45) is -14.3. The Bertz CT molecular complexity index is 368. The van der Waals surface area contributed by atoms with E-state index < -0.39 is 68.0 Å². The minimum absolute atomic E-state index is 0.628. The van der Waals surface area contributed by atoms with Gasteiger partial charge in [-0.1, -0.05) is 0 Å². The monoisotopic (exact) mass is 326 g/mol. The van der Waals surface area contributed by atoms with Gasteiger partial charge in [0.25, 0.3) is 0 Å². The summed E-state index contributed by atoms with van der Waals surface area (Å²) in [4.78, 5) is 0. The third kappa shape index (κ3) is 3.26. The van der Waals surface area contributed by atoms with E-state index >= 15 is 0 Å². The minimum atomic E-state index is -1.71. The van der Waals surface area contributed by atoms with Gasteiger partial charge in [-0.25, -0.2) is 0 Å². The molecule has 0 spiro atoms. The van der Waals surface area contributed by atoms with E-state index in [0.29, 0.717) is 0 Å². The lowest BCUT2D eigenvalue weighted by molar-refractivity contribution is -0.352. The van der Waals surface area contributed by atoms with Gasteiger partial charge in [-0.15, -0.1) is 0 Å². The highest BCUT2D eigenvalue weighted by atomic mass is 16.7. The predicted octanol–water partition coefficient (Wildman–Crippen LogP) is -4.37. The van der Waals surface area contributed by atoms with Crippen LogP contribution in [0, 0.1) is 0 Å². The maximum absolute atomic E-state index is 9.99. The van der Waals surface area contributed by atoms with Crippen LogP contribution in [0.2, 0.25) is 0 Å². The molecule has 2 aliphatic heterocycles. The highest BCUT2D eigenvalue weighted by Crippen LogP contribution is 2.28. The van der Waals surface area contributed by atoms with Crippen molar-refractivity contribution >= 4 is 0 Å². The topological polar surface area (TPSA) is 169 Å². The van der Waals surface area contributed by atoms with Gasteiger partial charge < -0.3 is 50.0 Å². The van der Waals surface area contributed by atoms with Crippen LogP contribution < -0.4 is 0 Å². The average molecular weight is 326 g/mol. The normalized spacial score (nSPS) is 53.5. The summed E-state index contributed by atoms with van der Waals surface area (Å²) >= 11 is 0. The van der Waals surface area contributed by atoms with Crippen LogP contribution in [0.15, 0.2) is 0 Å². The van der Waals surface area contributed by atoms with Crippen molar-refractivity contribution in [2.75, 3.05) is 6.61 Å². The molecule has 10 heteroatoms. The first-order chi connectivity index (χ1) is 10.3. The van der Waals surface area contributed by atoms with Gasteiger partial charge >= 0.3 is 0 Å². The molecule has 0 amide bonds. The number of ether oxygens (including phenoxy) is 3. The number of aliphatic hydroxyl groups is 7. The molecule has 2 rings (SSSR count). The Labute approximate surface area is 126 Å². The molecule has 1 unspecified atom stereocenters. The molecule has 0 radical (unpaired) electrons. The zero-order chi connectivity index (χ0) is 16.6. The first-order valence-corrected chi connectivity index (χ1v) is 6.93. The molecule has 0 aromatic carbocycles. The Morgan fingerprint density at radius 1 is 0.818 bits per heavy atom. The van der Waals surface area contributed by atoms with Crippen molar-refractivity contribution in [1.82, 2.24) is 0 Å². The summed E-state index contributed by atoms with van der Waals surface area (Å²) in [5, 5.41) is 67.6. The second-order valence-electron chi connectivity index (χ2n) is 5.51. The fourth-order valence-corrected chi connectivity index (χ4v) is 2.51. The number of hydrogen-bond donors (Lipinski definition) is 7. The van der Waals surface area contributed by atoms with Gasteiger partial charge in [-0.3, -0.25) is 0 Å². The molecule has 0 aliphatic carbocycles. The molecule has 0 saturated carbocycles. The Hall–Kier alpha value is -0.400. The van der Waals surface area contributed by atoms with Crippen LogP contribution in [0.4, 0.5) is 0 Å². The lowest BCUT2D eigenvalue weighted by Crippen LogP contribution is -2.63. The molecule has 0 aromatic rings. The summed E-state index contributed by atoms with van der Waals surface area (Å²) in [7, 11) is 0. The summed E-state index contributed by atoms with van der Waals surface area (Å²) in [6, 6.07) is 0. The van der Waals surface area contributed by atoms with Crippen molar-refractivity contribution in [3.05, 3.63) is 0 Å². The lowest BCUT2D eigenvalue weighted by atomic mass is 9.97. The Kier molecular flexibility index (Phi) is 5.72. The van der Waals surface area contributed by atoms with Gasteiger partial charge in [0, 0.05) is 0 Å². The zero-order valence-electron chi connectivity index (χ0n) is 11.8. The van der Waals surface area contributed by atoms with E-state index in [1.807, 2.05) is 0 Å². The second kappa shape index (κ2) is 7.01. The Morgan fingerprint density at radius 3 is 2.05 bits per heavy atom. The van der Waals surface area contributed by atoms with E-state index in [-0.39, 0.29) is 0 Å². The molecule has 2 saturated heterocycles. The minimum Gasteiger partial charge on any atom is -0.394 e. The molecule has 7 N–H and O–H groups in total. The number of rotatable bonds is 3. The largest absolute Gasteiger partial charge is 0.394 e. The van der Waals surface area contributed by atoms with Crippen LogP contribution in [-0.4, -0.2) is 104 Å². The van der Waals surface area contributed by atoms with Crippen LogP contribution in [0.3, 0.4) is 0 Å². The van der Waals surface area contributed by atoms with Gasteiger partial charge in [0.05, 0.1) is 12.7 Å². The molecular weight excluding hydrogens is 304 g/mol. The van der Waals surface area contributed by atoms with Crippen molar-refractivity contribution in [3.8, 4) is 0 Å². The molecule has 10 atom stereocenters. The van der Waals surface area contributed by atoms with E-state index in [0.717, 1.165) is 0 Å². The molecule has 0 aromatic heterocycles. The first-order valence-electron chi connectivity index (χ1n) is 6.93. The fraction of sp³-hybridized carbons (Fsp3) is 1.00. The fourth-order valence-electron chi connectivity index (χ4n) is 2.51. The van der Waals surface area contributed by atoms with Crippen molar-refractivity contribution < 1.29 is 50.0 Å². The summed E-state index contributed by atoms with van der Waals surface area (Å²) in [5.74, 6) is 0.